The van der Waals surface area contributed by atoms with Crippen molar-refractivity contribution in [3.8, 4) is 5.75 Å². The van der Waals surface area contributed by atoms with Crippen LogP contribution in [-0.2, 0) is 20.9 Å². The molecule has 166 valence electrons. The summed E-state index contributed by atoms with van der Waals surface area (Å²) in [6.45, 7) is 5.88. The van der Waals surface area contributed by atoms with Crippen LogP contribution in [0.5, 0.6) is 5.75 Å². The van der Waals surface area contributed by atoms with Crippen LogP contribution in [0.3, 0.4) is 0 Å². The van der Waals surface area contributed by atoms with Gasteiger partial charge < -0.3 is 9.47 Å². The molecule has 32 heavy (non-hydrogen) atoms. The summed E-state index contributed by atoms with van der Waals surface area (Å²) in [6, 6.07) is 17.6. The highest BCUT2D eigenvalue weighted by atomic mass is 16.5. The molecule has 2 unspecified atom stereocenters. The predicted octanol–water partition coefficient (Wildman–Crippen LogP) is 5.40. The lowest BCUT2D eigenvalue weighted by Crippen LogP contribution is -2.39. The lowest BCUT2D eigenvalue weighted by Gasteiger charge is -2.36. The van der Waals surface area contributed by atoms with Crippen LogP contribution in [-0.4, -0.2) is 23.6 Å². The van der Waals surface area contributed by atoms with E-state index in [-0.39, 0.29) is 11.9 Å². The number of aliphatic imine (C=N–C) groups is 1. The quantitative estimate of drug-likeness (QED) is 0.575. The zero-order valence-corrected chi connectivity index (χ0v) is 18.8. The molecular formula is C27H29NO4. The number of nitrogens with zero attached hydrogens (tertiary/aromatic N) is 1. The van der Waals surface area contributed by atoms with E-state index < -0.39 is 17.8 Å². The molecular weight excluding hydrogens is 402 g/mol. The van der Waals surface area contributed by atoms with E-state index in [1.165, 1.54) is 0 Å². The highest BCUT2D eigenvalue weighted by molar-refractivity contribution is 6.11. The smallest absolute Gasteiger partial charge is 0.336 e. The van der Waals surface area contributed by atoms with Crippen molar-refractivity contribution in [1.29, 1.82) is 0 Å². The van der Waals surface area contributed by atoms with Crippen LogP contribution in [0.15, 0.2) is 70.9 Å². The van der Waals surface area contributed by atoms with Crippen LogP contribution < -0.4 is 4.74 Å². The number of carbonyl (C=O) groups excluding carboxylic acids is 2. The number of rotatable bonds is 6. The number of hydrogen-bond acceptors (Lipinski definition) is 5. The van der Waals surface area contributed by atoms with Crippen molar-refractivity contribution in [1.82, 2.24) is 0 Å². The van der Waals surface area contributed by atoms with E-state index in [0.717, 1.165) is 29.7 Å². The minimum Gasteiger partial charge on any atom is -0.489 e. The maximum absolute atomic E-state index is 13.2. The van der Waals surface area contributed by atoms with E-state index in [2.05, 4.69) is 0 Å². The van der Waals surface area contributed by atoms with Gasteiger partial charge in [0.25, 0.3) is 0 Å². The SMILES string of the molecule is CC1=C(C(=O)OC(C)C)C(c2ccccc2OCc2ccccc2)C2C(=O)CCCC2=N1. The second-order valence-electron chi connectivity index (χ2n) is 8.64. The minimum absolute atomic E-state index is 0.125. The topological polar surface area (TPSA) is 65.0 Å². The Morgan fingerprint density at radius 2 is 1.75 bits per heavy atom. The maximum Gasteiger partial charge on any atom is 0.336 e. The summed E-state index contributed by atoms with van der Waals surface area (Å²) in [4.78, 5) is 31.0. The Labute approximate surface area is 189 Å². The molecule has 2 atom stereocenters. The Balaban J connectivity index is 1.77. The van der Waals surface area contributed by atoms with Gasteiger partial charge in [0.15, 0.2) is 0 Å². The molecule has 4 rings (SSSR count). The third-order valence-electron chi connectivity index (χ3n) is 5.96. The van der Waals surface area contributed by atoms with Gasteiger partial charge in [-0.3, -0.25) is 9.79 Å². The van der Waals surface area contributed by atoms with Crippen LogP contribution in [0.4, 0.5) is 0 Å². The molecule has 2 aromatic rings. The van der Waals surface area contributed by atoms with Gasteiger partial charge in [-0.25, -0.2) is 4.79 Å². The second kappa shape index (κ2) is 9.51. The van der Waals surface area contributed by atoms with Crippen LogP contribution in [0, 0.1) is 5.92 Å². The Morgan fingerprint density at radius 3 is 2.50 bits per heavy atom. The first kappa shape index (κ1) is 22.0. The number of ether oxygens (including phenoxy) is 2. The standard InChI is InChI=1S/C27H29NO4/c1-17(2)32-27(30)24-18(3)28-21-13-9-14-22(29)26(21)25(24)20-12-7-8-15-23(20)31-16-19-10-5-4-6-11-19/h4-8,10-12,15,17,25-26H,9,13-14,16H2,1-3H3. The Hall–Kier alpha value is -3.21. The van der Waals surface area contributed by atoms with Gasteiger partial charge >= 0.3 is 5.97 Å². The number of Topliss-reactive ketones (excluding diaryl/α,β-unsaturated/α-hetero) is 1. The van der Waals surface area contributed by atoms with E-state index in [0.29, 0.717) is 30.0 Å². The fourth-order valence-corrected chi connectivity index (χ4v) is 4.60. The minimum atomic E-state index is -0.464. The van der Waals surface area contributed by atoms with Gasteiger partial charge in [-0.15, -0.1) is 0 Å². The Bertz CT molecular complexity index is 1070. The zero-order valence-electron chi connectivity index (χ0n) is 18.8. The Morgan fingerprint density at radius 1 is 1.03 bits per heavy atom. The van der Waals surface area contributed by atoms with Crippen molar-refractivity contribution < 1.29 is 19.1 Å². The molecule has 1 heterocycles. The summed E-state index contributed by atoms with van der Waals surface area (Å²) in [5, 5.41) is 0. The summed E-state index contributed by atoms with van der Waals surface area (Å²) in [5.41, 5.74) is 3.82. The van der Waals surface area contributed by atoms with Gasteiger partial charge in [0.2, 0.25) is 0 Å². The number of benzene rings is 2. The molecule has 0 radical (unpaired) electrons. The van der Waals surface area contributed by atoms with Crippen molar-refractivity contribution in [3.05, 3.63) is 77.0 Å². The van der Waals surface area contributed by atoms with E-state index >= 15 is 0 Å². The monoisotopic (exact) mass is 431 g/mol. The summed E-state index contributed by atoms with van der Waals surface area (Å²) in [5.74, 6) is -0.539. The van der Waals surface area contributed by atoms with Crippen molar-refractivity contribution in [3.63, 3.8) is 0 Å². The molecule has 1 saturated carbocycles. The number of ketones is 1. The number of esters is 1. The normalized spacial score (nSPS) is 20.6. The zero-order chi connectivity index (χ0) is 22.7. The summed E-state index contributed by atoms with van der Waals surface area (Å²) < 4.78 is 11.8. The van der Waals surface area contributed by atoms with E-state index in [1.807, 2.05) is 75.4 Å². The molecule has 0 bridgehead atoms. The molecule has 1 fully saturated rings. The van der Waals surface area contributed by atoms with Crippen LogP contribution in [0.2, 0.25) is 0 Å². The van der Waals surface area contributed by atoms with Gasteiger partial charge in [-0.1, -0.05) is 48.5 Å². The first-order chi connectivity index (χ1) is 15.5. The van der Waals surface area contributed by atoms with Gasteiger partial charge in [-0.2, -0.15) is 0 Å². The largest absolute Gasteiger partial charge is 0.489 e. The molecule has 0 spiro atoms. The molecule has 0 amide bonds. The van der Waals surface area contributed by atoms with Crippen molar-refractivity contribution >= 4 is 17.5 Å². The number of hydrogen-bond donors (Lipinski definition) is 0. The first-order valence-electron chi connectivity index (χ1n) is 11.2. The number of allylic oxidation sites excluding steroid dienone is 1. The van der Waals surface area contributed by atoms with Crippen LogP contribution in [0.1, 0.15) is 57.1 Å². The first-order valence-corrected chi connectivity index (χ1v) is 11.2. The number of para-hydroxylation sites is 1. The third kappa shape index (κ3) is 4.52. The summed E-state index contributed by atoms with van der Waals surface area (Å²) >= 11 is 0. The van der Waals surface area contributed by atoms with Gasteiger partial charge in [-0.05, 0) is 45.2 Å². The number of fused-ring (bicyclic) bond motifs is 1. The van der Waals surface area contributed by atoms with Crippen molar-refractivity contribution in [2.45, 2.75) is 58.7 Å². The predicted molar refractivity (Wildman–Crippen MR) is 124 cm³/mol. The molecule has 2 aliphatic rings. The highest BCUT2D eigenvalue weighted by Crippen LogP contribution is 2.46. The second-order valence-corrected chi connectivity index (χ2v) is 8.64. The fourth-order valence-electron chi connectivity index (χ4n) is 4.60. The molecule has 2 aromatic carbocycles. The average molecular weight is 432 g/mol. The van der Waals surface area contributed by atoms with Crippen LogP contribution >= 0.6 is 0 Å². The lowest BCUT2D eigenvalue weighted by molar-refractivity contribution is -0.143. The van der Waals surface area contributed by atoms with Gasteiger partial charge in [0, 0.05) is 29.3 Å². The van der Waals surface area contributed by atoms with E-state index in [9.17, 15) is 9.59 Å². The fraction of sp³-hybridized carbons (Fsp3) is 0.370. The third-order valence-corrected chi connectivity index (χ3v) is 5.96. The molecule has 5 heteroatoms. The molecule has 0 saturated heterocycles. The summed E-state index contributed by atoms with van der Waals surface area (Å²) in [7, 11) is 0. The molecule has 1 aliphatic carbocycles. The molecule has 5 nitrogen and oxygen atoms in total. The molecule has 1 aliphatic heterocycles. The summed E-state index contributed by atoms with van der Waals surface area (Å²) in [6.07, 6.45) is 1.80. The van der Waals surface area contributed by atoms with E-state index in [4.69, 9.17) is 14.5 Å². The maximum atomic E-state index is 13.2. The molecule has 0 aromatic heterocycles. The Kier molecular flexibility index (Phi) is 6.54. The van der Waals surface area contributed by atoms with Crippen molar-refractivity contribution in [2.75, 3.05) is 0 Å². The van der Waals surface area contributed by atoms with Crippen molar-refractivity contribution in [2.24, 2.45) is 10.9 Å². The van der Waals surface area contributed by atoms with Gasteiger partial charge in [0.1, 0.15) is 18.1 Å². The van der Waals surface area contributed by atoms with Crippen LogP contribution in [0.25, 0.3) is 0 Å². The van der Waals surface area contributed by atoms with E-state index in [1.54, 1.807) is 0 Å². The lowest BCUT2D eigenvalue weighted by atomic mass is 9.69. The average Bonchev–Trinajstić information content (AvgIpc) is 2.77. The number of carbonyl (C=O) groups is 2. The molecule has 0 N–H and O–H groups in total. The van der Waals surface area contributed by atoms with Gasteiger partial charge in [0.05, 0.1) is 17.6 Å². The highest BCUT2D eigenvalue weighted by Gasteiger charge is 2.44.